The van der Waals surface area contributed by atoms with Crippen molar-refractivity contribution in [2.24, 2.45) is 0 Å². The monoisotopic (exact) mass is 484 g/mol. The van der Waals surface area contributed by atoms with Crippen molar-refractivity contribution < 1.29 is 19.1 Å². The summed E-state index contributed by atoms with van der Waals surface area (Å²) in [6, 6.07) is 5.47. The van der Waals surface area contributed by atoms with Crippen LogP contribution in [0.4, 0.5) is 0 Å². The van der Waals surface area contributed by atoms with Gasteiger partial charge >= 0.3 is 0 Å². The molecular weight excluding hydrogens is 440 g/mol. The standard InChI is InChI=1S/C29H44N2O4/c1-21(2)35-25-18-17-22(19-26(25)34-3)28-29(33)30(23-13-9-7-8-10-14-23)20-27(32)31(28)24-15-11-5-4-6-12-16-24/h17-19,21,23-24,28H,4-16,20H2,1-3H3. The van der Waals surface area contributed by atoms with Crippen LogP contribution >= 0.6 is 0 Å². The number of carbonyl (C=O) groups excluding carboxylic acids is 2. The Morgan fingerprint density at radius 1 is 0.800 bits per heavy atom. The number of ether oxygens (including phenoxy) is 2. The molecule has 1 heterocycles. The van der Waals surface area contributed by atoms with Crippen molar-refractivity contribution in [1.29, 1.82) is 0 Å². The Morgan fingerprint density at radius 3 is 1.94 bits per heavy atom. The Labute approximate surface area is 211 Å². The maximum atomic E-state index is 14.2. The van der Waals surface area contributed by atoms with Gasteiger partial charge in [-0.2, -0.15) is 0 Å². The molecule has 0 bridgehead atoms. The van der Waals surface area contributed by atoms with Crippen LogP contribution in [0, 0.1) is 0 Å². The molecule has 1 aromatic carbocycles. The fourth-order valence-corrected chi connectivity index (χ4v) is 6.24. The molecular formula is C29H44N2O4. The molecule has 3 fully saturated rings. The van der Waals surface area contributed by atoms with Gasteiger partial charge in [-0.15, -0.1) is 0 Å². The molecule has 6 nitrogen and oxygen atoms in total. The summed E-state index contributed by atoms with van der Waals surface area (Å²) in [7, 11) is 1.63. The Morgan fingerprint density at radius 2 is 1.37 bits per heavy atom. The van der Waals surface area contributed by atoms with Crippen molar-refractivity contribution in [2.45, 2.75) is 122 Å². The lowest BCUT2D eigenvalue weighted by atomic mass is 9.90. The molecule has 0 spiro atoms. The maximum absolute atomic E-state index is 14.2. The third kappa shape index (κ3) is 6.13. The molecule has 35 heavy (non-hydrogen) atoms. The van der Waals surface area contributed by atoms with Crippen molar-refractivity contribution in [1.82, 2.24) is 9.80 Å². The number of piperazine rings is 1. The molecule has 3 aliphatic rings. The minimum absolute atomic E-state index is 0.0183. The molecule has 2 saturated carbocycles. The van der Waals surface area contributed by atoms with Gasteiger partial charge in [0.25, 0.3) is 5.91 Å². The highest BCUT2D eigenvalue weighted by Crippen LogP contribution is 2.39. The van der Waals surface area contributed by atoms with E-state index in [9.17, 15) is 9.59 Å². The van der Waals surface area contributed by atoms with Crippen LogP contribution in [0.5, 0.6) is 11.5 Å². The van der Waals surface area contributed by atoms with E-state index in [0.29, 0.717) is 11.5 Å². The first-order chi connectivity index (χ1) is 17.0. The van der Waals surface area contributed by atoms with E-state index in [0.717, 1.165) is 56.9 Å². The highest BCUT2D eigenvalue weighted by molar-refractivity contribution is 5.96. The second kappa shape index (κ2) is 12.1. The summed E-state index contributed by atoms with van der Waals surface area (Å²) in [4.78, 5) is 31.9. The Balaban J connectivity index is 1.70. The Bertz CT molecular complexity index is 854. The van der Waals surface area contributed by atoms with Crippen molar-refractivity contribution in [3.63, 3.8) is 0 Å². The zero-order valence-electron chi connectivity index (χ0n) is 22.0. The Kier molecular flexibility index (Phi) is 8.96. The molecule has 2 amide bonds. The topological polar surface area (TPSA) is 59.1 Å². The summed E-state index contributed by atoms with van der Waals surface area (Å²) < 4.78 is 11.6. The number of amides is 2. The van der Waals surface area contributed by atoms with E-state index >= 15 is 0 Å². The van der Waals surface area contributed by atoms with E-state index < -0.39 is 6.04 Å². The first-order valence-corrected chi connectivity index (χ1v) is 14.0. The zero-order chi connectivity index (χ0) is 24.8. The molecule has 1 aliphatic heterocycles. The first kappa shape index (κ1) is 25.8. The maximum Gasteiger partial charge on any atom is 0.250 e. The van der Waals surface area contributed by atoms with Gasteiger partial charge in [-0.1, -0.05) is 63.9 Å². The average molecular weight is 485 g/mol. The fraction of sp³-hybridized carbons (Fsp3) is 0.724. The smallest absolute Gasteiger partial charge is 0.250 e. The summed E-state index contributed by atoms with van der Waals surface area (Å²) in [5.41, 5.74) is 0.830. The second-order valence-electron chi connectivity index (χ2n) is 10.9. The van der Waals surface area contributed by atoms with Gasteiger partial charge in [0.1, 0.15) is 12.6 Å². The van der Waals surface area contributed by atoms with Gasteiger partial charge in [0.15, 0.2) is 11.5 Å². The first-order valence-electron chi connectivity index (χ1n) is 14.0. The number of benzene rings is 1. The second-order valence-corrected chi connectivity index (χ2v) is 10.9. The van der Waals surface area contributed by atoms with Gasteiger partial charge in [-0.25, -0.2) is 0 Å². The summed E-state index contributed by atoms with van der Waals surface area (Å²) in [6.45, 7) is 4.19. The molecule has 1 aromatic rings. The minimum Gasteiger partial charge on any atom is -0.493 e. The SMILES string of the molecule is COc1cc(C2C(=O)N(C3CCCCCC3)CC(=O)N2C2CCCCCCC2)ccc1OC(C)C. The van der Waals surface area contributed by atoms with Crippen LogP contribution < -0.4 is 9.47 Å². The Hall–Kier alpha value is -2.24. The molecule has 1 atom stereocenters. The van der Waals surface area contributed by atoms with Gasteiger partial charge in [0.05, 0.1) is 13.2 Å². The number of hydrogen-bond donors (Lipinski definition) is 0. The van der Waals surface area contributed by atoms with Gasteiger partial charge in [0, 0.05) is 12.1 Å². The van der Waals surface area contributed by atoms with Crippen molar-refractivity contribution in [3.8, 4) is 11.5 Å². The van der Waals surface area contributed by atoms with E-state index in [1.54, 1.807) is 7.11 Å². The van der Waals surface area contributed by atoms with Crippen molar-refractivity contribution in [3.05, 3.63) is 23.8 Å². The van der Waals surface area contributed by atoms with E-state index in [1.165, 1.54) is 32.1 Å². The molecule has 1 saturated heterocycles. The van der Waals surface area contributed by atoms with Gasteiger partial charge in [-0.3, -0.25) is 9.59 Å². The molecule has 0 aromatic heterocycles. The van der Waals surface area contributed by atoms with E-state index in [1.807, 2.05) is 41.8 Å². The highest BCUT2D eigenvalue weighted by atomic mass is 16.5. The van der Waals surface area contributed by atoms with Crippen molar-refractivity contribution >= 4 is 11.8 Å². The lowest BCUT2D eigenvalue weighted by molar-refractivity contribution is -0.162. The van der Waals surface area contributed by atoms with Crippen molar-refractivity contribution in [2.75, 3.05) is 13.7 Å². The normalized spacial score (nSPS) is 23.7. The molecule has 1 unspecified atom stereocenters. The molecule has 6 heteroatoms. The third-order valence-electron chi connectivity index (χ3n) is 7.99. The lowest BCUT2D eigenvalue weighted by Crippen LogP contribution is -2.60. The minimum atomic E-state index is -0.592. The summed E-state index contributed by atoms with van der Waals surface area (Å²) >= 11 is 0. The van der Waals surface area contributed by atoms with Crippen LogP contribution in [0.15, 0.2) is 18.2 Å². The zero-order valence-corrected chi connectivity index (χ0v) is 22.0. The predicted octanol–water partition coefficient (Wildman–Crippen LogP) is 6.03. The summed E-state index contributed by atoms with van der Waals surface area (Å²) in [5, 5.41) is 0. The van der Waals surface area contributed by atoms with Crippen LogP contribution in [-0.4, -0.2) is 53.5 Å². The van der Waals surface area contributed by atoms with E-state index in [2.05, 4.69) is 0 Å². The molecule has 0 N–H and O–H groups in total. The van der Waals surface area contributed by atoms with Crippen LogP contribution in [0.2, 0.25) is 0 Å². The van der Waals surface area contributed by atoms with E-state index in [4.69, 9.17) is 9.47 Å². The third-order valence-corrected chi connectivity index (χ3v) is 7.99. The number of carbonyl (C=O) groups is 2. The average Bonchev–Trinajstić information content (AvgIpc) is 3.10. The number of rotatable bonds is 6. The molecule has 194 valence electrons. The van der Waals surface area contributed by atoms with Gasteiger partial charge in [0.2, 0.25) is 5.91 Å². The molecule has 2 aliphatic carbocycles. The molecule has 0 radical (unpaired) electrons. The van der Waals surface area contributed by atoms with E-state index in [-0.39, 0.29) is 36.5 Å². The quantitative estimate of drug-likeness (QED) is 0.463. The van der Waals surface area contributed by atoms with Crippen LogP contribution in [0.25, 0.3) is 0 Å². The van der Waals surface area contributed by atoms with Gasteiger partial charge < -0.3 is 19.3 Å². The highest BCUT2D eigenvalue weighted by Gasteiger charge is 2.45. The number of nitrogens with zero attached hydrogens (tertiary/aromatic N) is 2. The summed E-state index contributed by atoms with van der Waals surface area (Å²) in [6.07, 6.45) is 14.6. The largest absolute Gasteiger partial charge is 0.493 e. The van der Waals surface area contributed by atoms with Crippen LogP contribution in [-0.2, 0) is 9.59 Å². The number of methoxy groups -OCH3 is 1. The molecule has 4 rings (SSSR count). The van der Waals surface area contributed by atoms with Crippen LogP contribution in [0.1, 0.15) is 109 Å². The lowest BCUT2D eigenvalue weighted by Gasteiger charge is -2.47. The number of hydrogen-bond acceptors (Lipinski definition) is 4. The fourth-order valence-electron chi connectivity index (χ4n) is 6.24. The van der Waals surface area contributed by atoms with Crippen LogP contribution in [0.3, 0.4) is 0 Å². The predicted molar refractivity (Wildman–Crippen MR) is 138 cm³/mol. The van der Waals surface area contributed by atoms with Gasteiger partial charge in [-0.05, 0) is 57.2 Å². The summed E-state index contributed by atoms with van der Waals surface area (Å²) in [5.74, 6) is 1.46.